The third-order valence-corrected chi connectivity index (χ3v) is 6.08. The summed E-state index contributed by atoms with van der Waals surface area (Å²) in [6.07, 6.45) is 1.37. The van der Waals surface area contributed by atoms with E-state index in [4.69, 9.17) is 0 Å². The standard InChI is InChI=1S/C16H20FN3O4S/c1-16(13(21)18-15(22)19-16)14(25(23)24)20-8-6-11(7-9-20)10-2-4-12(17)5-3-10/h2-5,11,14H,6-9H2,1H3,(H,23,24)(H2,18,19,21,22)/p-1. The van der Waals surface area contributed by atoms with Crippen LogP contribution in [0.1, 0.15) is 31.2 Å². The number of carbonyl (C=O) groups is 2. The van der Waals surface area contributed by atoms with Crippen molar-refractivity contribution in [2.24, 2.45) is 0 Å². The Morgan fingerprint density at radius 3 is 2.36 bits per heavy atom. The van der Waals surface area contributed by atoms with Gasteiger partial charge in [0, 0.05) is 0 Å². The third-order valence-electron chi connectivity index (χ3n) is 4.95. The molecule has 25 heavy (non-hydrogen) atoms. The van der Waals surface area contributed by atoms with E-state index in [2.05, 4.69) is 10.6 Å². The van der Waals surface area contributed by atoms with E-state index in [0.717, 1.165) is 5.56 Å². The summed E-state index contributed by atoms with van der Waals surface area (Å²) in [6, 6.07) is 5.62. The summed E-state index contributed by atoms with van der Waals surface area (Å²) in [7, 11) is 0. The number of halogens is 1. The van der Waals surface area contributed by atoms with Gasteiger partial charge in [-0.25, -0.2) is 9.18 Å². The Morgan fingerprint density at radius 1 is 1.28 bits per heavy atom. The maximum atomic E-state index is 13.0. The van der Waals surface area contributed by atoms with E-state index in [0.29, 0.717) is 25.9 Å². The molecule has 2 fully saturated rings. The first-order valence-electron chi connectivity index (χ1n) is 8.02. The first-order valence-corrected chi connectivity index (χ1v) is 9.16. The van der Waals surface area contributed by atoms with Gasteiger partial charge in [0.1, 0.15) is 16.7 Å². The van der Waals surface area contributed by atoms with Crippen LogP contribution in [0.2, 0.25) is 0 Å². The molecule has 0 radical (unpaired) electrons. The van der Waals surface area contributed by atoms with Gasteiger partial charge in [0.15, 0.2) is 0 Å². The predicted molar refractivity (Wildman–Crippen MR) is 87.7 cm³/mol. The fourth-order valence-electron chi connectivity index (χ4n) is 3.61. The Kier molecular flexibility index (Phi) is 4.90. The van der Waals surface area contributed by atoms with Crippen molar-refractivity contribution in [3.63, 3.8) is 0 Å². The molecule has 3 amide bonds. The van der Waals surface area contributed by atoms with Crippen molar-refractivity contribution in [2.45, 2.75) is 36.6 Å². The number of nitrogens with one attached hydrogen (secondary N) is 2. The summed E-state index contributed by atoms with van der Waals surface area (Å²) in [5.74, 6) is -0.733. The topological polar surface area (TPSA) is 102 Å². The number of rotatable bonds is 4. The van der Waals surface area contributed by atoms with Crippen molar-refractivity contribution < 1.29 is 22.7 Å². The van der Waals surface area contributed by atoms with E-state index in [1.54, 1.807) is 17.0 Å². The smallest absolute Gasteiger partial charge is 0.322 e. The van der Waals surface area contributed by atoms with Crippen LogP contribution in [0.4, 0.5) is 9.18 Å². The van der Waals surface area contributed by atoms with Crippen LogP contribution in [0.25, 0.3) is 0 Å². The van der Waals surface area contributed by atoms with E-state index < -0.39 is 33.9 Å². The van der Waals surface area contributed by atoms with Crippen molar-refractivity contribution in [2.75, 3.05) is 13.1 Å². The molecule has 0 saturated carbocycles. The largest absolute Gasteiger partial charge is 0.771 e. The summed E-state index contributed by atoms with van der Waals surface area (Å²) in [4.78, 5) is 25.2. The average molecular weight is 368 g/mol. The molecule has 2 aliphatic heterocycles. The molecule has 2 aliphatic rings. The predicted octanol–water partition coefficient (Wildman–Crippen LogP) is 0.808. The lowest BCUT2D eigenvalue weighted by atomic mass is 9.88. The van der Waals surface area contributed by atoms with E-state index >= 15 is 0 Å². The first kappa shape index (κ1) is 18.0. The van der Waals surface area contributed by atoms with Gasteiger partial charge in [0.05, 0.1) is 0 Å². The molecular formula is C16H19FN3O4S-. The maximum Gasteiger partial charge on any atom is 0.322 e. The lowest BCUT2D eigenvalue weighted by Crippen LogP contribution is -2.63. The van der Waals surface area contributed by atoms with Crippen LogP contribution in [-0.2, 0) is 15.9 Å². The second-order valence-electron chi connectivity index (χ2n) is 6.59. The highest BCUT2D eigenvalue weighted by Crippen LogP contribution is 2.32. The number of nitrogens with zero attached hydrogens (tertiary/aromatic N) is 1. The van der Waals surface area contributed by atoms with Gasteiger partial charge in [-0.2, -0.15) is 0 Å². The van der Waals surface area contributed by atoms with E-state index in [9.17, 15) is 22.7 Å². The number of carbonyl (C=O) groups excluding carboxylic acids is 2. The maximum absolute atomic E-state index is 13.0. The monoisotopic (exact) mass is 368 g/mol. The fraction of sp³-hybridized carbons (Fsp3) is 0.500. The Bertz CT molecular complexity index is 706. The van der Waals surface area contributed by atoms with Gasteiger partial charge in [-0.05, 0) is 67.5 Å². The number of likely N-dealkylation sites (tertiary alicyclic amines) is 1. The molecule has 0 spiro atoms. The number of benzene rings is 1. The van der Waals surface area contributed by atoms with Crippen molar-refractivity contribution in [1.82, 2.24) is 15.5 Å². The molecule has 9 heteroatoms. The number of imide groups is 1. The normalized spacial score (nSPS) is 27.6. The third kappa shape index (κ3) is 3.44. The molecule has 0 aromatic heterocycles. The van der Waals surface area contributed by atoms with Crippen LogP contribution in [0.5, 0.6) is 0 Å². The molecule has 3 atom stereocenters. The van der Waals surface area contributed by atoms with E-state index in [1.165, 1.54) is 19.1 Å². The quantitative estimate of drug-likeness (QED) is 0.605. The molecule has 3 rings (SSSR count). The van der Waals surface area contributed by atoms with Crippen LogP contribution in [-0.4, -0.2) is 49.6 Å². The molecule has 2 heterocycles. The molecule has 0 bridgehead atoms. The highest BCUT2D eigenvalue weighted by molar-refractivity contribution is 7.79. The lowest BCUT2D eigenvalue weighted by molar-refractivity contribution is -0.124. The minimum atomic E-state index is -2.57. The number of hydrogen-bond donors (Lipinski definition) is 2. The molecule has 2 N–H and O–H groups in total. The Hall–Kier alpha value is -1.84. The second kappa shape index (κ2) is 6.81. The Balaban J connectivity index is 1.73. The number of hydrogen-bond acceptors (Lipinski definition) is 5. The molecule has 3 unspecified atom stereocenters. The van der Waals surface area contributed by atoms with Crippen molar-refractivity contribution in [3.8, 4) is 0 Å². The summed E-state index contributed by atoms with van der Waals surface area (Å²) in [5.41, 5.74) is -0.508. The van der Waals surface area contributed by atoms with Crippen molar-refractivity contribution in [1.29, 1.82) is 0 Å². The molecule has 1 aromatic rings. The summed E-state index contributed by atoms with van der Waals surface area (Å²) in [6.45, 7) is 2.33. The van der Waals surface area contributed by atoms with Crippen LogP contribution < -0.4 is 10.6 Å². The molecule has 136 valence electrons. The number of urea groups is 1. The highest BCUT2D eigenvalue weighted by atomic mass is 32.2. The first-order chi connectivity index (χ1) is 11.8. The fourth-order valence-corrected chi connectivity index (χ4v) is 4.62. The van der Waals surface area contributed by atoms with Gasteiger partial charge < -0.3 is 9.87 Å². The van der Waals surface area contributed by atoms with Gasteiger partial charge in [-0.1, -0.05) is 12.1 Å². The summed E-state index contributed by atoms with van der Waals surface area (Å²) in [5, 5.41) is 3.38. The zero-order valence-corrected chi connectivity index (χ0v) is 14.5. The molecule has 2 saturated heterocycles. The second-order valence-corrected chi connectivity index (χ2v) is 7.55. The van der Waals surface area contributed by atoms with Gasteiger partial charge >= 0.3 is 6.03 Å². The molecule has 1 aromatic carbocycles. The van der Waals surface area contributed by atoms with Gasteiger partial charge in [0.25, 0.3) is 5.91 Å². The molecule has 7 nitrogen and oxygen atoms in total. The molecular weight excluding hydrogens is 349 g/mol. The minimum absolute atomic E-state index is 0.206. The van der Waals surface area contributed by atoms with Crippen molar-refractivity contribution in [3.05, 3.63) is 35.6 Å². The number of amides is 3. The zero-order chi connectivity index (χ0) is 18.2. The summed E-state index contributed by atoms with van der Waals surface area (Å²) < 4.78 is 36.7. The SMILES string of the molecule is CC1(C(N2CCC(c3ccc(F)cc3)CC2)S(=O)[O-])NC(=O)NC1=O. The number of piperidine rings is 1. The van der Waals surface area contributed by atoms with Gasteiger partial charge in [-0.3, -0.25) is 19.2 Å². The Morgan fingerprint density at radius 2 is 1.88 bits per heavy atom. The molecule has 0 aliphatic carbocycles. The van der Waals surface area contributed by atoms with Crippen LogP contribution in [0.15, 0.2) is 24.3 Å². The minimum Gasteiger partial charge on any atom is -0.771 e. The Labute approximate surface area is 147 Å². The van der Waals surface area contributed by atoms with Gasteiger partial charge in [0.2, 0.25) is 0 Å². The lowest BCUT2D eigenvalue weighted by Gasteiger charge is -2.44. The van der Waals surface area contributed by atoms with Crippen LogP contribution >= 0.6 is 0 Å². The highest BCUT2D eigenvalue weighted by Gasteiger charge is 2.51. The van der Waals surface area contributed by atoms with E-state index in [1.807, 2.05) is 0 Å². The zero-order valence-electron chi connectivity index (χ0n) is 13.7. The summed E-state index contributed by atoms with van der Waals surface area (Å²) >= 11 is -2.57. The van der Waals surface area contributed by atoms with Crippen LogP contribution in [0.3, 0.4) is 0 Å². The van der Waals surface area contributed by atoms with E-state index in [-0.39, 0.29) is 11.7 Å². The van der Waals surface area contributed by atoms with Crippen molar-refractivity contribution >= 4 is 23.0 Å². The van der Waals surface area contributed by atoms with Gasteiger partial charge in [-0.15, -0.1) is 0 Å². The van der Waals surface area contributed by atoms with Crippen LogP contribution in [0, 0.1) is 5.82 Å². The average Bonchev–Trinajstić information content (AvgIpc) is 2.81.